The Hall–Kier alpha value is -1.99. The zero-order chi connectivity index (χ0) is 15.2. The standard InChI is InChI=1S/C14H17FN2O4/c1-9-2-3-11(10(15)6-9)17-13(18)7-16-14(19)12-8-20-4-5-21-12/h2-3,6,12H,4-5,7-8H2,1H3,(H,16,19)(H,17,18)/t12-/m0/s1. The lowest BCUT2D eigenvalue weighted by Crippen LogP contribution is -2.45. The van der Waals surface area contributed by atoms with Gasteiger partial charge in [-0.15, -0.1) is 0 Å². The minimum atomic E-state index is -0.706. The summed E-state index contributed by atoms with van der Waals surface area (Å²) in [4.78, 5) is 23.4. The van der Waals surface area contributed by atoms with Gasteiger partial charge in [-0.2, -0.15) is 0 Å². The molecule has 0 unspecified atom stereocenters. The molecule has 6 nitrogen and oxygen atoms in total. The molecule has 0 aliphatic carbocycles. The number of hydrogen-bond donors (Lipinski definition) is 2. The van der Waals surface area contributed by atoms with Gasteiger partial charge in [0.25, 0.3) is 5.91 Å². The molecule has 21 heavy (non-hydrogen) atoms. The highest BCUT2D eigenvalue weighted by atomic mass is 19.1. The number of aryl methyl sites for hydroxylation is 1. The Kier molecular flexibility index (Phi) is 5.24. The number of carbonyl (C=O) groups excluding carboxylic acids is 2. The molecule has 0 saturated carbocycles. The van der Waals surface area contributed by atoms with E-state index in [4.69, 9.17) is 9.47 Å². The van der Waals surface area contributed by atoms with Crippen LogP contribution in [-0.2, 0) is 19.1 Å². The highest BCUT2D eigenvalue weighted by Gasteiger charge is 2.22. The topological polar surface area (TPSA) is 76.7 Å². The number of anilines is 1. The largest absolute Gasteiger partial charge is 0.376 e. The van der Waals surface area contributed by atoms with Crippen LogP contribution < -0.4 is 10.6 Å². The minimum Gasteiger partial charge on any atom is -0.376 e. The zero-order valence-corrected chi connectivity index (χ0v) is 11.6. The third kappa shape index (κ3) is 4.51. The Morgan fingerprint density at radius 3 is 2.86 bits per heavy atom. The molecule has 0 aromatic heterocycles. The Bertz CT molecular complexity index is 530. The maximum absolute atomic E-state index is 13.6. The van der Waals surface area contributed by atoms with Crippen molar-refractivity contribution in [1.29, 1.82) is 0 Å². The van der Waals surface area contributed by atoms with E-state index in [0.717, 1.165) is 5.56 Å². The molecule has 1 aliphatic heterocycles. The molecule has 114 valence electrons. The number of benzene rings is 1. The molecule has 1 heterocycles. The molecular weight excluding hydrogens is 279 g/mol. The van der Waals surface area contributed by atoms with Crippen LogP contribution in [0.25, 0.3) is 0 Å². The Morgan fingerprint density at radius 2 is 2.19 bits per heavy atom. The lowest BCUT2D eigenvalue weighted by molar-refractivity contribution is -0.148. The number of ether oxygens (including phenoxy) is 2. The van der Waals surface area contributed by atoms with Crippen LogP contribution in [0.4, 0.5) is 10.1 Å². The fourth-order valence-corrected chi connectivity index (χ4v) is 1.84. The van der Waals surface area contributed by atoms with Gasteiger partial charge in [-0.1, -0.05) is 6.07 Å². The van der Waals surface area contributed by atoms with Gasteiger partial charge < -0.3 is 20.1 Å². The minimum absolute atomic E-state index is 0.0806. The molecule has 1 saturated heterocycles. The summed E-state index contributed by atoms with van der Waals surface area (Å²) in [7, 11) is 0. The third-order valence-corrected chi connectivity index (χ3v) is 2.93. The number of rotatable bonds is 4. The number of hydrogen-bond acceptors (Lipinski definition) is 4. The summed E-state index contributed by atoms with van der Waals surface area (Å²) < 4.78 is 23.9. The molecule has 0 radical (unpaired) electrons. The monoisotopic (exact) mass is 296 g/mol. The van der Waals surface area contributed by atoms with Crippen LogP contribution in [0.15, 0.2) is 18.2 Å². The maximum Gasteiger partial charge on any atom is 0.251 e. The molecule has 2 N–H and O–H groups in total. The molecule has 1 aliphatic rings. The van der Waals surface area contributed by atoms with E-state index in [-0.39, 0.29) is 18.8 Å². The van der Waals surface area contributed by atoms with E-state index >= 15 is 0 Å². The van der Waals surface area contributed by atoms with Crippen LogP contribution in [0, 0.1) is 12.7 Å². The summed E-state index contributed by atoms with van der Waals surface area (Å²) in [6.45, 7) is 2.46. The summed E-state index contributed by atoms with van der Waals surface area (Å²) in [6, 6.07) is 4.48. The Balaban J connectivity index is 1.80. The first kappa shape index (κ1) is 15.4. The summed E-state index contributed by atoms with van der Waals surface area (Å²) in [6.07, 6.45) is -0.706. The molecule has 2 amide bonds. The number of halogens is 1. The van der Waals surface area contributed by atoms with E-state index < -0.39 is 23.7 Å². The maximum atomic E-state index is 13.6. The lowest BCUT2D eigenvalue weighted by Gasteiger charge is -2.21. The van der Waals surface area contributed by atoms with Crippen molar-refractivity contribution >= 4 is 17.5 Å². The molecule has 0 spiro atoms. The smallest absolute Gasteiger partial charge is 0.251 e. The molecule has 1 atom stereocenters. The van der Waals surface area contributed by atoms with Gasteiger partial charge in [-0.05, 0) is 24.6 Å². The fourth-order valence-electron chi connectivity index (χ4n) is 1.84. The highest BCUT2D eigenvalue weighted by molar-refractivity contribution is 5.95. The van der Waals surface area contributed by atoms with E-state index in [1.165, 1.54) is 12.1 Å². The second-order valence-corrected chi connectivity index (χ2v) is 4.68. The molecule has 1 fully saturated rings. The van der Waals surface area contributed by atoms with Crippen LogP contribution in [0.5, 0.6) is 0 Å². The van der Waals surface area contributed by atoms with E-state index in [9.17, 15) is 14.0 Å². The first-order valence-electron chi connectivity index (χ1n) is 6.59. The first-order chi connectivity index (χ1) is 10.1. The average molecular weight is 296 g/mol. The van der Waals surface area contributed by atoms with Crippen molar-refractivity contribution in [1.82, 2.24) is 5.32 Å². The van der Waals surface area contributed by atoms with Crippen molar-refractivity contribution in [2.45, 2.75) is 13.0 Å². The van der Waals surface area contributed by atoms with Gasteiger partial charge in [0.1, 0.15) is 5.82 Å². The molecule has 1 aromatic rings. The van der Waals surface area contributed by atoms with Crippen LogP contribution in [0.2, 0.25) is 0 Å². The molecule has 0 bridgehead atoms. The van der Waals surface area contributed by atoms with E-state index in [1.807, 2.05) is 0 Å². The first-order valence-corrected chi connectivity index (χ1v) is 6.59. The molecule has 7 heteroatoms. The van der Waals surface area contributed by atoms with Crippen molar-refractivity contribution in [2.24, 2.45) is 0 Å². The number of amides is 2. The zero-order valence-electron chi connectivity index (χ0n) is 11.6. The van der Waals surface area contributed by atoms with Gasteiger partial charge in [0, 0.05) is 0 Å². The fraction of sp³-hybridized carbons (Fsp3) is 0.429. The van der Waals surface area contributed by atoms with Gasteiger partial charge in [0.05, 0.1) is 32.1 Å². The number of carbonyl (C=O) groups is 2. The van der Waals surface area contributed by atoms with Crippen LogP contribution in [0.1, 0.15) is 5.56 Å². The second kappa shape index (κ2) is 7.14. The van der Waals surface area contributed by atoms with Crippen LogP contribution in [-0.4, -0.2) is 44.3 Å². The molecule has 2 rings (SSSR count). The van der Waals surface area contributed by atoms with Crippen LogP contribution >= 0.6 is 0 Å². The SMILES string of the molecule is Cc1ccc(NC(=O)CNC(=O)[C@@H]2COCCO2)c(F)c1. The quantitative estimate of drug-likeness (QED) is 0.853. The van der Waals surface area contributed by atoms with Gasteiger partial charge in [-0.3, -0.25) is 9.59 Å². The molecular formula is C14H17FN2O4. The van der Waals surface area contributed by atoms with Crippen molar-refractivity contribution in [3.8, 4) is 0 Å². The van der Waals surface area contributed by atoms with E-state index in [2.05, 4.69) is 10.6 Å². The average Bonchev–Trinajstić information content (AvgIpc) is 2.48. The van der Waals surface area contributed by atoms with Crippen molar-refractivity contribution < 1.29 is 23.5 Å². The van der Waals surface area contributed by atoms with Gasteiger partial charge >= 0.3 is 0 Å². The predicted octanol–water partition coefficient (Wildman–Crippen LogP) is 0.604. The number of nitrogens with one attached hydrogen (secondary N) is 2. The highest BCUT2D eigenvalue weighted by Crippen LogP contribution is 2.14. The third-order valence-electron chi connectivity index (χ3n) is 2.93. The van der Waals surface area contributed by atoms with E-state index in [1.54, 1.807) is 13.0 Å². The van der Waals surface area contributed by atoms with Crippen molar-refractivity contribution in [3.05, 3.63) is 29.6 Å². The summed E-state index contributed by atoms with van der Waals surface area (Å²) in [5.74, 6) is -1.45. The Labute approximate surface area is 121 Å². The summed E-state index contributed by atoms with van der Waals surface area (Å²) in [5.41, 5.74) is 0.838. The summed E-state index contributed by atoms with van der Waals surface area (Å²) >= 11 is 0. The second-order valence-electron chi connectivity index (χ2n) is 4.68. The van der Waals surface area contributed by atoms with Crippen molar-refractivity contribution in [2.75, 3.05) is 31.7 Å². The molecule has 1 aromatic carbocycles. The van der Waals surface area contributed by atoms with Crippen molar-refractivity contribution in [3.63, 3.8) is 0 Å². The normalized spacial score (nSPS) is 18.1. The summed E-state index contributed by atoms with van der Waals surface area (Å²) in [5, 5.41) is 4.82. The van der Waals surface area contributed by atoms with Crippen LogP contribution in [0.3, 0.4) is 0 Å². The Morgan fingerprint density at radius 1 is 1.38 bits per heavy atom. The predicted molar refractivity (Wildman–Crippen MR) is 73.3 cm³/mol. The van der Waals surface area contributed by atoms with Gasteiger partial charge in [-0.25, -0.2) is 4.39 Å². The van der Waals surface area contributed by atoms with Gasteiger partial charge in [0.15, 0.2) is 6.10 Å². The van der Waals surface area contributed by atoms with E-state index in [0.29, 0.717) is 13.2 Å². The van der Waals surface area contributed by atoms with Gasteiger partial charge in [0.2, 0.25) is 5.91 Å². The lowest BCUT2D eigenvalue weighted by atomic mass is 10.2.